The molecule has 2 rings (SSSR count). The Hall–Kier alpha value is -2.74. The van der Waals surface area contributed by atoms with E-state index in [1.807, 2.05) is 32.0 Å². The molecule has 0 aliphatic carbocycles. The van der Waals surface area contributed by atoms with Gasteiger partial charge in [0.15, 0.2) is 0 Å². The Kier molecular flexibility index (Phi) is 4.99. The summed E-state index contributed by atoms with van der Waals surface area (Å²) >= 11 is 0. The van der Waals surface area contributed by atoms with E-state index >= 15 is 0 Å². The zero-order valence-corrected chi connectivity index (χ0v) is 12.1. The van der Waals surface area contributed by atoms with Crippen molar-refractivity contribution in [2.24, 2.45) is 0 Å². The molecule has 0 bridgehead atoms. The van der Waals surface area contributed by atoms with Crippen LogP contribution in [-0.2, 0) is 0 Å². The van der Waals surface area contributed by atoms with Crippen molar-refractivity contribution in [1.29, 1.82) is 5.26 Å². The highest BCUT2D eigenvalue weighted by molar-refractivity contribution is 5.71. The Morgan fingerprint density at radius 3 is 2.67 bits per heavy atom. The first-order chi connectivity index (χ1) is 10.3. The predicted octanol–water partition coefficient (Wildman–Crippen LogP) is 3.49. The fraction of sp³-hybridized carbons (Fsp3) is 0.250. The molecular weight excluding hydrogens is 266 g/mol. The maximum atomic E-state index is 9.13. The second-order valence-corrected chi connectivity index (χ2v) is 4.18. The second-order valence-electron chi connectivity index (χ2n) is 4.18. The molecule has 2 aromatic rings. The van der Waals surface area contributed by atoms with E-state index in [0.29, 0.717) is 30.2 Å². The summed E-state index contributed by atoms with van der Waals surface area (Å²) in [6.45, 7) is 4.99. The zero-order valence-electron chi connectivity index (χ0n) is 12.1. The molecule has 1 N–H and O–H groups in total. The number of benzene rings is 1. The minimum Gasteiger partial charge on any atom is -0.494 e. The summed E-state index contributed by atoms with van der Waals surface area (Å²) in [6.07, 6.45) is 3.20. The van der Waals surface area contributed by atoms with Crippen molar-refractivity contribution in [3.8, 4) is 17.6 Å². The molecule has 0 fully saturated rings. The number of anilines is 2. The van der Waals surface area contributed by atoms with Crippen molar-refractivity contribution in [1.82, 2.24) is 4.98 Å². The Balaban J connectivity index is 2.36. The molecule has 1 aromatic heterocycles. The molecule has 108 valence electrons. The van der Waals surface area contributed by atoms with Crippen molar-refractivity contribution in [2.45, 2.75) is 13.8 Å². The van der Waals surface area contributed by atoms with E-state index in [-0.39, 0.29) is 0 Å². The van der Waals surface area contributed by atoms with Gasteiger partial charge in [-0.1, -0.05) is 0 Å². The first kappa shape index (κ1) is 14.7. The third-order valence-corrected chi connectivity index (χ3v) is 2.77. The largest absolute Gasteiger partial charge is 0.494 e. The van der Waals surface area contributed by atoms with Gasteiger partial charge in [0, 0.05) is 12.3 Å². The van der Waals surface area contributed by atoms with Gasteiger partial charge < -0.3 is 14.8 Å². The summed E-state index contributed by atoms with van der Waals surface area (Å²) in [5.41, 5.74) is 1.90. The molecule has 0 aliphatic heterocycles. The lowest BCUT2D eigenvalue weighted by Gasteiger charge is -2.14. The minimum atomic E-state index is 0.522. The molecule has 0 radical (unpaired) electrons. The number of nitrogens with one attached hydrogen (secondary N) is 1. The van der Waals surface area contributed by atoms with E-state index in [4.69, 9.17) is 14.7 Å². The van der Waals surface area contributed by atoms with Crippen LogP contribution in [0.15, 0.2) is 36.7 Å². The van der Waals surface area contributed by atoms with Crippen LogP contribution < -0.4 is 14.8 Å². The van der Waals surface area contributed by atoms with Gasteiger partial charge in [-0.05, 0) is 32.0 Å². The smallest absolute Gasteiger partial charge is 0.142 e. The Labute approximate surface area is 124 Å². The summed E-state index contributed by atoms with van der Waals surface area (Å²) in [5, 5.41) is 12.3. The van der Waals surface area contributed by atoms with Crippen LogP contribution in [0.3, 0.4) is 0 Å². The highest BCUT2D eigenvalue weighted by atomic mass is 16.5. The number of rotatable bonds is 6. The predicted molar refractivity (Wildman–Crippen MR) is 81.0 cm³/mol. The normalized spacial score (nSPS) is 9.76. The molecule has 0 unspecified atom stereocenters. The van der Waals surface area contributed by atoms with Gasteiger partial charge in [0.1, 0.15) is 17.6 Å². The molecule has 0 saturated carbocycles. The van der Waals surface area contributed by atoms with E-state index in [9.17, 15) is 0 Å². The lowest BCUT2D eigenvalue weighted by molar-refractivity contribution is 0.332. The van der Waals surface area contributed by atoms with Gasteiger partial charge >= 0.3 is 0 Å². The average Bonchev–Trinajstić information content (AvgIpc) is 2.51. The topological polar surface area (TPSA) is 67.2 Å². The highest BCUT2D eigenvalue weighted by Crippen LogP contribution is 2.32. The van der Waals surface area contributed by atoms with Crippen LogP contribution in [0.25, 0.3) is 0 Å². The van der Waals surface area contributed by atoms with E-state index in [2.05, 4.69) is 16.4 Å². The number of hydrogen-bond acceptors (Lipinski definition) is 5. The third kappa shape index (κ3) is 3.63. The number of hydrogen-bond donors (Lipinski definition) is 1. The number of aromatic nitrogens is 1. The monoisotopic (exact) mass is 283 g/mol. The number of ether oxygens (including phenoxy) is 2. The molecule has 5 heteroatoms. The Morgan fingerprint density at radius 1 is 1.14 bits per heavy atom. The van der Waals surface area contributed by atoms with Crippen LogP contribution in [-0.4, -0.2) is 18.2 Å². The number of pyridine rings is 1. The molecule has 1 heterocycles. The highest BCUT2D eigenvalue weighted by Gasteiger charge is 2.09. The van der Waals surface area contributed by atoms with Crippen molar-refractivity contribution in [3.63, 3.8) is 0 Å². The molecule has 0 saturated heterocycles. The quantitative estimate of drug-likeness (QED) is 0.879. The summed E-state index contributed by atoms with van der Waals surface area (Å²) in [4.78, 5) is 4.04. The van der Waals surface area contributed by atoms with E-state index in [0.717, 1.165) is 11.4 Å². The van der Waals surface area contributed by atoms with E-state index in [1.54, 1.807) is 18.5 Å². The molecule has 0 aliphatic rings. The number of nitriles is 1. The molecule has 0 spiro atoms. The Morgan fingerprint density at radius 2 is 1.95 bits per heavy atom. The van der Waals surface area contributed by atoms with Gasteiger partial charge in [-0.3, -0.25) is 4.98 Å². The maximum Gasteiger partial charge on any atom is 0.142 e. The van der Waals surface area contributed by atoms with Crippen LogP contribution >= 0.6 is 0 Å². The van der Waals surface area contributed by atoms with Gasteiger partial charge in [-0.15, -0.1) is 0 Å². The van der Waals surface area contributed by atoms with Crippen molar-refractivity contribution in [3.05, 3.63) is 42.2 Å². The second kappa shape index (κ2) is 7.15. The Bertz CT molecular complexity index is 650. The standard InChI is InChI=1S/C16H17N3O2/c1-3-20-13-5-6-16(21-4-2)14(9-13)19-15-11-18-8-7-12(15)10-17/h5-9,11,19H,3-4H2,1-2H3. The number of nitrogens with zero attached hydrogens (tertiary/aromatic N) is 2. The van der Waals surface area contributed by atoms with Crippen molar-refractivity contribution in [2.75, 3.05) is 18.5 Å². The van der Waals surface area contributed by atoms with Gasteiger partial charge in [-0.25, -0.2) is 0 Å². The first-order valence-electron chi connectivity index (χ1n) is 6.79. The zero-order chi connectivity index (χ0) is 15.1. The summed E-state index contributed by atoms with van der Waals surface area (Å²) in [5.74, 6) is 1.44. The molecular formula is C16H17N3O2. The van der Waals surface area contributed by atoms with Crippen LogP contribution in [0, 0.1) is 11.3 Å². The fourth-order valence-electron chi connectivity index (χ4n) is 1.88. The van der Waals surface area contributed by atoms with Gasteiger partial charge in [0.25, 0.3) is 0 Å². The fourth-order valence-corrected chi connectivity index (χ4v) is 1.88. The molecule has 0 amide bonds. The minimum absolute atomic E-state index is 0.522. The lowest BCUT2D eigenvalue weighted by atomic mass is 10.2. The van der Waals surface area contributed by atoms with Gasteiger partial charge in [-0.2, -0.15) is 5.26 Å². The summed E-state index contributed by atoms with van der Waals surface area (Å²) in [6, 6.07) is 9.35. The third-order valence-electron chi connectivity index (χ3n) is 2.77. The molecule has 21 heavy (non-hydrogen) atoms. The SMILES string of the molecule is CCOc1ccc(OCC)c(Nc2cnccc2C#N)c1. The van der Waals surface area contributed by atoms with Crippen molar-refractivity contribution >= 4 is 11.4 Å². The summed E-state index contributed by atoms with van der Waals surface area (Å²) in [7, 11) is 0. The van der Waals surface area contributed by atoms with Crippen LogP contribution in [0.1, 0.15) is 19.4 Å². The van der Waals surface area contributed by atoms with Crippen molar-refractivity contribution < 1.29 is 9.47 Å². The molecule has 0 atom stereocenters. The van der Waals surface area contributed by atoms with Crippen LogP contribution in [0.2, 0.25) is 0 Å². The lowest BCUT2D eigenvalue weighted by Crippen LogP contribution is -2.01. The van der Waals surface area contributed by atoms with Gasteiger partial charge in [0.2, 0.25) is 0 Å². The van der Waals surface area contributed by atoms with Crippen LogP contribution in [0.4, 0.5) is 11.4 Å². The molecule has 5 nitrogen and oxygen atoms in total. The molecule has 1 aromatic carbocycles. The van der Waals surface area contributed by atoms with E-state index in [1.165, 1.54) is 0 Å². The van der Waals surface area contributed by atoms with Gasteiger partial charge in [0.05, 0.1) is 36.3 Å². The van der Waals surface area contributed by atoms with Crippen LogP contribution in [0.5, 0.6) is 11.5 Å². The first-order valence-corrected chi connectivity index (χ1v) is 6.79. The van der Waals surface area contributed by atoms with E-state index < -0.39 is 0 Å². The average molecular weight is 283 g/mol. The summed E-state index contributed by atoms with van der Waals surface area (Å²) < 4.78 is 11.1. The maximum absolute atomic E-state index is 9.13.